The minimum Gasteiger partial charge on any atom is -0.465 e. The van der Waals surface area contributed by atoms with E-state index in [0.29, 0.717) is 0 Å². The molecule has 3 amide bonds. The molecule has 1 heterocycles. The maximum Gasteiger partial charge on any atom is 0.405 e. The van der Waals surface area contributed by atoms with Crippen molar-refractivity contribution in [3.05, 3.63) is 35.4 Å². The fraction of sp³-hybridized carbons (Fsp3) is 0.571. The summed E-state index contributed by atoms with van der Waals surface area (Å²) in [5.41, 5.74) is 2.31. The molecule has 1 aromatic carbocycles. The zero-order chi connectivity index (χ0) is 21.1. The van der Waals surface area contributed by atoms with E-state index >= 15 is 0 Å². The van der Waals surface area contributed by atoms with E-state index in [9.17, 15) is 19.5 Å². The van der Waals surface area contributed by atoms with E-state index in [1.165, 1.54) is 10.5 Å². The monoisotopic (exact) mass is 403 g/mol. The molecule has 29 heavy (non-hydrogen) atoms. The van der Waals surface area contributed by atoms with E-state index in [0.717, 1.165) is 24.8 Å². The van der Waals surface area contributed by atoms with Crippen LogP contribution in [0.2, 0.25) is 0 Å². The van der Waals surface area contributed by atoms with E-state index in [2.05, 4.69) is 16.7 Å². The third kappa shape index (κ3) is 4.70. The van der Waals surface area contributed by atoms with Crippen LogP contribution in [0, 0.1) is 5.92 Å². The number of likely N-dealkylation sites (tertiary alicyclic amines) is 1. The van der Waals surface area contributed by atoms with Gasteiger partial charge in [0.15, 0.2) is 0 Å². The van der Waals surface area contributed by atoms with Crippen molar-refractivity contribution in [2.75, 3.05) is 6.54 Å². The van der Waals surface area contributed by atoms with Crippen LogP contribution in [0.25, 0.3) is 0 Å². The molecule has 8 nitrogen and oxygen atoms in total. The lowest BCUT2D eigenvalue weighted by atomic mass is 9.87. The second kappa shape index (κ2) is 8.82. The normalized spacial score (nSPS) is 24.7. The number of hydrogen-bond donors (Lipinski definition) is 4. The molecule has 8 heteroatoms. The van der Waals surface area contributed by atoms with Crippen LogP contribution >= 0.6 is 0 Å². The van der Waals surface area contributed by atoms with E-state index < -0.39 is 30.2 Å². The Morgan fingerprint density at radius 3 is 2.62 bits per heavy atom. The van der Waals surface area contributed by atoms with Crippen LogP contribution < -0.4 is 10.6 Å². The molecule has 4 unspecified atom stereocenters. The fourth-order valence-corrected chi connectivity index (χ4v) is 4.30. The number of amides is 3. The van der Waals surface area contributed by atoms with E-state index in [4.69, 9.17) is 5.11 Å². The van der Waals surface area contributed by atoms with Gasteiger partial charge in [0.25, 0.3) is 0 Å². The highest BCUT2D eigenvalue weighted by atomic mass is 16.4. The topological polar surface area (TPSA) is 119 Å². The molecule has 1 aliphatic carbocycles. The van der Waals surface area contributed by atoms with Gasteiger partial charge < -0.3 is 25.7 Å². The first kappa shape index (κ1) is 21.1. The molecule has 3 rings (SSSR count). The zero-order valence-electron chi connectivity index (χ0n) is 16.8. The number of carbonyl (C=O) groups is 3. The first-order valence-corrected chi connectivity index (χ1v) is 10.1. The first-order valence-electron chi connectivity index (χ1n) is 10.1. The Hall–Kier alpha value is -2.61. The smallest absolute Gasteiger partial charge is 0.405 e. The maximum atomic E-state index is 13.0. The largest absolute Gasteiger partial charge is 0.465 e. The minimum atomic E-state index is -1.29. The number of carboxylic acid groups (broad SMARTS) is 1. The lowest BCUT2D eigenvalue weighted by Crippen LogP contribution is -2.55. The Bertz CT molecular complexity index is 781. The molecule has 158 valence electrons. The molecule has 2 aliphatic rings. The van der Waals surface area contributed by atoms with Crippen molar-refractivity contribution in [3.63, 3.8) is 0 Å². The highest BCUT2D eigenvalue weighted by Gasteiger charge is 2.42. The van der Waals surface area contributed by atoms with Gasteiger partial charge in [0.05, 0.1) is 12.1 Å². The first-order chi connectivity index (χ1) is 13.8. The quantitative estimate of drug-likeness (QED) is 0.593. The second-order valence-corrected chi connectivity index (χ2v) is 8.22. The standard InChI is InChI=1S/C21H29N3O5/c1-12(2)18(23-21(28)29)20(27)24-11-14(25)10-17(24)19(26)22-16-9-5-7-13-6-3-4-8-15(13)16/h3-4,6,8,12,14,16-18,23,25H,5,7,9-11H2,1-2H3,(H,22,26)(H,28,29). The third-order valence-electron chi connectivity index (χ3n) is 5.76. The van der Waals surface area contributed by atoms with Gasteiger partial charge in [-0.25, -0.2) is 4.79 Å². The van der Waals surface area contributed by atoms with Crippen molar-refractivity contribution in [2.45, 2.75) is 63.8 Å². The molecule has 0 aromatic heterocycles. The van der Waals surface area contributed by atoms with Crippen molar-refractivity contribution in [1.29, 1.82) is 0 Å². The molecule has 0 bridgehead atoms. The molecule has 4 atom stereocenters. The number of hydrogen-bond acceptors (Lipinski definition) is 4. The molecular formula is C21H29N3O5. The maximum absolute atomic E-state index is 13.0. The molecule has 0 spiro atoms. The number of nitrogens with one attached hydrogen (secondary N) is 2. The Morgan fingerprint density at radius 1 is 1.21 bits per heavy atom. The summed E-state index contributed by atoms with van der Waals surface area (Å²) in [7, 11) is 0. The van der Waals surface area contributed by atoms with Crippen molar-refractivity contribution in [2.24, 2.45) is 5.92 Å². The van der Waals surface area contributed by atoms with Gasteiger partial charge in [-0.3, -0.25) is 9.59 Å². The Morgan fingerprint density at radius 2 is 1.93 bits per heavy atom. The number of aryl methyl sites for hydroxylation is 1. The number of fused-ring (bicyclic) bond motifs is 1. The van der Waals surface area contributed by atoms with Gasteiger partial charge in [-0.2, -0.15) is 0 Å². The van der Waals surface area contributed by atoms with Crippen molar-refractivity contribution >= 4 is 17.9 Å². The van der Waals surface area contributed by atoms with E-state index in [-0.39, 0.29) is 30.8 Å². The van der Waals surface area contributed by atoms with Crippen LogP contribution in [0.1, 0.15) is 50.3 Å². The zero-order valence-corrected chi connectivity index (χ0v) is 16.8. The molecule has 1 fully saturated rings. The van der Waals surface area contributed by atoms with Gasteiger partial charge in [-0.15, -0.1) is 0 Å². The number of benzene rings is 1. The van der Waals surface area contributed by atoms with Crippen LogP contribution in [0.5, 0.6) is 0 Å². The van der Waals surface area contributed by atoms with Crippen LogP contribution in [-0.2, 0) is 16.0 Å². The Labute approximate surface area is 170 Å². The summed E-state index contributed by atoms with van der Waals surface area (Å²) < 4.78 is 0. The number of aliphatic hydroxyl groups is 1. The van der Waals surface area contributed by atoms with Crippen molar-refractivity contribution in [1.82, 2.24) is 15.5 Å². The molecule has 0 saturated carbocycles. The summed E-state index contributed by atoms with van der Waals surface area (Å²) in [6.45, 7) is 3.49. The molecule has 1 saturated heterocycles. The fourth-order valence-electron chi connectivity index (χ4n) is 4.30. The lowest BCUT2D eigenvalue weighted by molar-refractivity contribution is -0.141. The number of aliphatic hydroxyl groups excluding tert-OH is 1. The third-order valence-corrected chi connectivity index (χ3v) is 5.76. The number of carbonyl (C=O) groups excluding carboxylic acids is 2. The molecular weight excluding hydrogens is 374 g/mol. The van der Waals surface area contributed by atoms with Gasteiger partial charge in [0.2, 0.25) is 11.8 Å². The SMILES string of the molecule is CC(C)C(NC(=O)O)C(=O)N1CC(O)CC1C(=O)NC1CCCc2ccccc21. The summed E-state index contributed by atoms with van der Waals surface area (Å²) in [6.07, 6.45) is 0.801. The molecule has 4 N–H and O–H groups in total. The van der Waals surface area contributed by atoms with Crippen LogP contribution in [0.15, 0.2) is 24.3 Å². The number of nitrogens with zero attached hydrogens (tertiary/aromatic N) is 1. The summed E-state index contributed by atoms with van der Waals surface area (Å²) in [5, 5.41) is 24.5. The average Bonchev–Trinajstić information content (AvgIpc) is 3.07. The van der Waals surface area contributed by atoms with E-state index in [1.54, 1.807) is 13.8 Å². The van der Waals surface area contributed by atoms with Crippen LogP contribution in [0.4, 0.5) is 4.79 Å². The van der Waals surface area contributed by atoms with Gasteiger partial charge >= 0.3 is 6.09 Å². The van der Waals surface area contributed by atoms with Gasteiger partial charge in [-0.05, 0) is 36.3 Å². The lowest BCUT2D eigenvalue weighted by Gasteiger charge is -2.32. The number of rotatable bonds is 5. The predicted octanol–water partition coefficient (Wildman–Crippen LogP) is 1.43. The minimum absolute atomic E-state index is 0.0166. The molecule has 1 aliphatic heterocycles. The van der Waals surface area contributed by atoms with Gasteiger partial charge in [0.1, 0.15) is 12.1 Å². The second-order valence-electron chi connectivity index (χ2n) is 8.22. The van der Waals surface area contributed by atoms with Crippen molar-refractivity contribution in [3.8, 4) is 0 Å². The summed E-state index contributed by atoms with van der Waals surface area (Å²) in [4.78, 5) is 38.4. The van der Waals surface area contributed by atoms with Gasteiger partial charge in [0, 0.05) is 13.0 Å². The number of β-amino-alcohol motifs (C(OH)–C–C–N with tert-alkyl or cyclic N) is 1. The van der Waals surface area contributed by atoms with Crippen LogP contribution in [0.3, 0.4) is 0 Å². The summed E-state index contributed by atoms with van der Waals surface area (Å²) in [5.74, 6) is -1.08. The highest BCUT2D eigenvalue weighted by Crippen LogP contribution is 2.30. The van der Waals surface area contributed by atoms with E-state index in [1.807, 2.05) is 18.2 Å². The average molecular weight is 403 g/mol. The van der Waals surface area contributed by atoms with Crippen LogP contribution in [-0.4, -0.2) is 57.8 Å². The summed E-state index contributed by atoms with van der Waals surface area (Å²) >= 11 is 0. The van der Waals surface area contributed by atoms with Gasteiger partial charge in [-0.1, -0.05) is 38.1 Å². The highest BCUT2D eigenvalue weighted by molar-refractivity contribution is 5.92. The molecule has 1 aromatic rings. The Balaban J connectivity index is 1.75. The predicted molar refractivity (Wildman–Crippen MR) is 106 cm³/mol. The molecule has 0 radical (unpaired) electrons. The summed E-state index contributed by atoms with van der Waals surface area (Å²) in [6, 6.07) is 6.10. The van der Waals surface area contributed by atoms with Crippen molar-refractivity contribution < 1.29 is 24.6 Å². The Kier molecular flexibility index (Phi) is 6.42.